The predicted molar refractivity (Wildman–Crippen MR) is 40.0 cm³/mol. The standard InChI is InChI=1S/C8H2F6O3/c9-3-1-2(7(15)16)4(10)6(5(3)11)17-8(12,13)14/h1H,(H,15,16). The maximum absolute atomic E-state index is 13.1. The molecule has 0 aliphatic rings. The van der Waals surface area contributed by atoms with Gasteiger partial charge in [-0.25, -0.2) is 13.6 Å². The first-order chi connectivity index (χ1) is 7.63. The van der Waals surface area contributed by atoms with Crippen molar-refractivity contribution in [2.75, 3.05) is 0 Å². The maximum Gasteiger partial charge on any atom is 0.573 e. The number of hydrogen-bond acceptors (Lipinski definition) is 2. The van der Waals surface area contributed by atoms with Crippen LogP contribution in [0, 0.1) is 17.5 Å². The van der Waals surface area contributed by atoms with Crippen LogP contribution in [-0.2, 0) is 0 Å². The molecule has 9 heteroatoms. The van der Waals surface area contributed by atoms with E-state index < -0.39 is 41.1 Å². The lowest BCUT2D eigenvalue weighted by Gasteiger charge is -2.11. The summed E-state index contributed by atoms with van der Waals surface area (Å²) in [7, 11) is 0. The Morgan fingerprint density at radius 1 is 1.18 bits per heavy atom. The largest absolute Gasteiger partial charge is 0.573 e. The lowest BCUT2D eigenvalue weighted by molar-refractivity contribution is -0.276. The first-order valence-electron chi connectivity index (χ1n) is 3.80. The van der Waals surface area contributed by atoms with Gasteiger partial charge in [-0.15, -0.1) is 13.2 Å². The molecule has 0 radical (unpaired) electrons. The first kappa shape index (κ1) is 13.1. The molecule has 0 spiro atoms. The Morgan fingerprint density at radius 2 is 1.71 bits per heavy atom. The molecule has 0 aromatic heterocycles. The third kappa shape index (κ3) is 2.80. The van der Waals surface area contributed by atoms with Crippen molar-refractivity contribution in [2.45, 2.75) is 6.36 Å². The number of carboxylic acid groups (broad SMARTS) is 1. The maximum atomic E-state index is 13.1. The topological polar surface area (TPSA) is 46.5 Å². The molecule has 0 heterocycles. The third-order valence-electron chi connectivity index (χ3n) is 1.56. The molecular formula is C8H2F6O3. The van der Waals surface area contributed by atoms with Crippen LogP contribution in [0.15, 0.2) is 6.07 Å². The number of rotatable bonds is 2. The van der Waals surface area contributed by atoms with Crippen molar-refractivity contribution in [3.63, 3.8) is 0 Å². The SMILES string of the molecule is O=C(O)c1cc(F)c(F)c(OC(F)(F)F)c1F. The van der Waals surface area contributed by atoms with Gasteiger partial charge in [0.2, 0.25) is 11.6 Å². The Bertz CT molecular complexity index is 467. The van der Waals surface area contributed by atoms with E-state index in [1.807, 2.05) is 0 Å². The van der Waals surface area contributed by atoms with Crippen LogP contribution in [0.5, 0.6) is 5.75 Å². The van der Waals surface area contributed by atoms with Gasteiger partial charge in [-0.05, 0) is 6.07 Å². The van der Waals surface area contributed by atoms with Crippen LogP contribution < -0.4 is 4.74 Å². The summed E-state index contributed by atoms with van der Waals surface area (Å²) in [6.45, 7) is 0. The van der Waals surface area contributed by atoms with E-state index in [1.165, 1.54) is 0 Å². The summed E-state index contributed by atoms with van der Waals surface area (Å²) in [5.74, 6) is -10.6. The molecule has 0 unspecified atom stereocenters. The summed E-state index contributed by atoms with van der Waals surface area (Å²) < 4.78 is 76.7. The van der Waals surface area contributed by atoms with Gasteiger partial charge in [0.05, 0.1) is 0 Å². The van der Waals surface area contributed by atoms with Crippen LogP contribution in [-0.4, -0.2) is 17.4 Å². The molecule has 1 aromatic carbocycles. The first-order valence-corrected chi connectivity index (χ1v) is 3.80. The van der Waals surface area contributed by atoms with E-state index >= 15 is 0 Å². The van der Waals surface area contributed by atoms with Crippen LogP contribution in [0.4, 0.5) is 26.3 Å². The molecule has 17 heavy (non-hydrogen) atoms. The number of alkyl halides is 3. The number of carbonyl (C=O) groups is 1. The minimum atomic E-state index is -5.48. The molecule has 0 aliphatic heterocycles. The zero-order valence-corrected chi connectivity index (χ0v) is 7.61. The summed E-state index contributed by atoms with van der Waals surface area (Å²) in [5.41, 5.74) is -1.47. The van der Waals surface area contributed by atoms with Gasteiger partial charge in [-0.3, -0.25) is 0 Å². The Kier molecular flexibility index (Phi) is 3.21. The van der Waals surface area contributed by atoms with Gasteiger partial charge in [-0.1, -0.05) is 0 Å². The molecule has 0 bridgehead atoms. The van der Waals surface area contributed by atoms with Crippen molar-refractivity contribution >= 4 is 5.97 Å². The fraction of sp³-hybridized carbons (Fsp3) is 0.125. The summed E-state index contributed by atoms with van der Waals surface area (Å²) in [6, 6.07) is -0.0871. The van der Waals surface area contributed by atoms with E-state index in [2.05, 4.69) is 4.74 Å². The molecule has 1 N–H and O–H groups in total. The quantitative estimate of drug-likeness (QED) is 0.656. The second kappa shape index (κ2) is 4.15. The van der Waals surface area contributed by atoms with Crippen LogP contribution in [0.25, 0.3) is 0 Å². The van der Waals surface area contributed by atoms with E-state index in [1.54, 1.807) is 0 Å². The van der Waals surface area contributed by atoms with E-state index in [4.69, 9.17) is 5.11 Å². The number of hydrogen-bond donors (Lipinski definition) is 1. The number of carboxylic acids is 1. The Labute approximate surface area is 89.2 Å². The van der Waals surface area contributed by atoms with Crippen LogP contribution in [0.2, 0.25) is 0 Å². The number of ether oxygens (including phenoxy) is 1. The molecule has 0 aliphatic carbocycles. The molecule has 1 rings (SSSR count). The molecule has 94 valence electrons. The lowest BCUT2D eigenvalue weighted by Crippen LogP contribution is -2.20. The van der Waals surface area contributed by atoms with E-state index in [0.717, 1.165) is 0 Å². The van der Waals surface area contributed by atoms with Gasteiger partial charge < -0.3 is 9.84 Å². The fourth-order valence-electron chi connectivity index (χ4n) is 0.942. The van der Waals surface area contributed by atoms with Gasteiger partial charge in [0, 0.05) is 0 Å². The molecule has 0 fully saturated rings. The fourth-order valence-corrected chi connectivity index (χ4v) is 0.942. The molecule has 0 saturated carbocycles. The van der Waals surface area contributed by atoms with Gasteiger partial charge in [-0.2, -0.15) is 4.39 Å². The van der Waals surface area contributed by atoms with Crippen molar-refractivity contribution in [3.8, 4) is 5.75 Å². The second-order valence-electron chi connectivity index (χ2n) is 2.72. The normalized spacial score (nSPS) is 11.4. The van der Waals surface area contributed by atoms with Crippen molar-refractivity contribution < 1.29 is 41.0 Å². The van der Waals surface area contributed by atoms with Crippen molar-refractivity contribution in [3.05, 3.63) is 29.1 Å². The number of aromatic carboxylic acids is 1. The van der Waals surface area contributed by atoms with Gasteiger partial charge >= 0.3 is 12.3 Å². The van der Waals surface area contributed by atoms with E-state index in [-0.39, 0.29) is 6.07 Å². The Hall–Kier alpha value is -1.93. The highest BCUT2D eigenvalue weighted by molar-refractivity contribution is 5.88. The van der Waals surface area contributed by atoms with E-state index in [9.17, 15) is 31.1 Å². The van der Waals surface area contributed by atoms with Gasteiger partial charge in [0.1, 0.15) is 5.56 Å². The minimum absolute atomic E-state index is 0.0871. The zero-order chi connectivity index (χ0) is 13.4. The van der Waals surface area contributed by atoms with Crippen molar-refractivity contribution in [1.29, 1.82) is 0 Å². The Morgan fingerprint density at radius 3 is 2.12 bits per heavy atom. The van der Waals surface area contributed by atoms with Gasteiger partial charge in [0.15, 0.2) is 11.6 Å². The monoisotopic (exact) mass is 260 g/mol. The lowest BCUT2D eigenvalue weighted by atomic mass is 10.2. The average Bonchev–Trinajstić information content (AvgIpc) is 2.16. The summed E-state index contributed by atoms with van der Waals surface area (Å²) in [5, 5.41) is 8.34. The van der Waals surface area contributed by atoms with Crippen molar-refractivity contribution in [1.82, 2.24) is 0 Å². The highest BCUT2D eigenvalue weighted by Gasteiger charge is 2.36. The minimum Gasteiger partial charge on any atom is -0.478 e. The summed E-state index contributed by atoms with van der Waals surface area (Å²) >= 11 is 0. The van der Waals surface area contributed by atoms with Crippen molar-refractivity contribution in [2.24, 2.45) is 0 Å². The summed E-state index contributed by atoms with van der Waals surface area (Å²) in [4.78, 5) is 10.3. The molecule has 0 saturated heterocycles. The Balaban J connectivity index is 3.42. The van der Waals surface area contributed by atoms with Crippen LogP contribution >= 0.6 is 0 Å². The molecular weight excluding hydrogens is 258 g/mol. The zero-order valence-electron chi connectivity index (χ0n) is 7.61. The molecule has 3 nitrogen and oxygen atoms in total. The van der Waals surface area contributed by atoms with E-state index in [0.29, 0.717) is 0 Å². The molecule has 1 aromatic rings. The predicted octanol–water partition coefficient (Wildman–Crippen LogP) is 2.70. The van der Waals surface area contributed by atoms with Crippen LogP contribution in [0.3, 0.4) is 0 Å². The number of halogens is 6. The molecule has 0 atom stereocenters. The third-order valence-corrected chi connectivity index (χ3v) is 1.56. The van der Waals surface area contributed by atoms with Gasteiger partial charge in [0.25, 0.3) is 0 Å². The highest BCUT2D eigenvalue weighted by Crippen LogP contribution is 2.31. The number of benzene rings is 1. The second-order valence-corrected chi connectivity index (χ2v) is 2.72. The smallest absolute Gasteiger partial charge is 0.478 e. The highest BCUT2D eigenvalue weighted by atomic mass is 19.4. The summed E-state index contributed by atoms with van der Waals surface area (Å²) in [6.07, 6.45) is -5.48. The average molecular weight is 260 g/mol. The van der Waals surface area contributed by atoms with Crippen LogP contribution in [0.1, 0.15) is 10.4 Å². The molecule has 0 amide bonds.